The Morgan fingerprint density at radius 3 is 1.59 bits per heavy atom. The molecule has 0 saturated carbocycles. The van der Waals surface area contributed by atoms with Crippen molar-refractivity contribution in [3.8, 4) is 0 Å². The second-order valence-corrected chi connectivity index (χ2v) is 5.26. The number of unbranched alkanes of at least 4 members (excludes halogenated alkanes) is 6. The predicted molar refractivity (Wildman–Crippen MR) is 82.4 cm³/mol. The number of carboxylic acids is 1. The van der Waals surface area contributed by atoms with E-state index in [1.807, 2.05) is 0 Å². The lowest BCUT2D eigenvalue weighted by molar-refractivity contribution is -0.137. The van der Waals surface area contributed by atoms with Crippen molar-refractivity contribution in [3.63, 3.8) is 0 Å². The van der Waals surface area contributed by atoms with Crippen LogP contribution in [0.5, 0.6) is 0 Å². The third kappa shape index (κ3) is 15.7. The van der Waals surface area contributed by atoms with Gasteiger partial charge >= 0.3 is 5.97 Å². The van der Waals surface area contributed by atoms with Gasteiger partial charge in [0.2, 0.25) is 0 Å². The van der Waals surface area contributed by atoms with Crippen molar-refractivity contribution in [1.82, 2.24) is 0 Å². The lowest BCUT2D eigenvalue weighted by atomic mass is 10.1. The lowest BCUT2D eigenvalue weighted by Crippen LogP contribution is -2.41. The molecule has 0 amide bonds. The minimum absolute atomic E-state index is 0.341. The van der Waals surface area contributed by atoms with Gasteiger partial charge in [-0.1, -0.05) is 45.4 Å². The molecule has 0 aliphatic heterocycles. The summed E-state index contributed by atoms with van der Waals surface area (Å²) in [5.74, 6) is -0.663. The largest absolute Gasteiger partial charge is 0.481 e. The number of aliphatic hydroxyl groups excluding tert-OH is 5. The van der Waals surface area contributed by atoms with Crippen molar-refractivity contribution in [2.24, 2.45) is 0 Å². The monoisotopic (exact) mass is 324 g/mol. The number of hydrogen-bond donors (Lipinski definition) is 6. The van der Waals surface area contributed by atoms with E-state index in [9.17, 15) is 4.79 Å². The standard InChI is InChI=1S/C10H20O2.C5H12O5/c1-2-3-4-5-6-7-8-9-10(11)12;6-1-3(8)5(10)4(9)2-7/h2-9H2,1H3,(H,11,12);3-10H,1-2H2/t;3-,4+,5+. The molecule has 0 aliphatic carbocycles. The normalized spacial score (nSPS) is 14.6. The van der Waals surface area contributed by atoms with E-state index in [0.29, 0.717) is 6.42 Å². The quantitative estimate of drug-likeness (QED) is 0.283. The third-order valence-electron chi connectivity index (χ3n) is 3.16. The van der Waals surface area contributed by atoms with Crippen LogP contribution in [0.2, 0.25) is 0 Å². The van der Waals surface area contributed by atoms with Crippen molar-refractivity contribution < 1.29 is 35.4 Å². The fourth-order valence-corrected chi connectivity index (χ4v) is 1.71. The van der Waals surface area contributed by atoms with Gasteiger partial charge in [0, 0.05) is 6.42 Å². The third-order valence-corrected chi connectivity index (χ3v) is 3.16. The number of carbonyl (C=O) groups is 1. The van der Waals surface area contributed by atoms with Gasteiger partial charge in [0.25, 0.3) is 0 Å². The van der Waals surface area contributed by atoms with Crippen molar-refractivity contribution in [1.29, 1.82) is 0 Å². The molecule has 0 saturated heterocycles. The molecule has 22 heavy (non-hydrogen) atoms. The Hall–Kier alpha value is -0.730. The van der Waals surface area contributed by atoms with Gasteiger partial charge < -0.3 is 30.6 Å². The SMILES string of the molecule is CCCCCCCCCC(=O)O.OC[C@@H](O)[C@H](O)[C@@H](O)CO. The molecule has 0 unspecified atom stereocenters. The molecular weight excluding hydrogens is 292 g/mol. The van der Waals surface area contributed by atoms with Crippen molar-refractivity contribution in [2.45, 2.75) is 76.6 Å². The minimum atomic E-state index is -1.49. The Bertz CT molecular complexity index is 238. The van der Waals surface area contributed by atoms with Crippen LogP contribution in [-0.4, -0.2) is 68.1 Å². The summed E-state index contributed by atoms with van der Waals surface area (Å²) in [5, 5.41) is 50.9. The molecule has 0 aliphatic rings. The summed E-state index contributed by atoms with van der Waals surface area (Å²) < 4.78 is 0. The Kier molecular flexibility index (Phi) is 17.8. The molecule has 0 aromatic carbocycles. The van der Waals surface area contributed by atoms with Gasteiger partial charge in [-0.15, -0.1) is 0 Å². The summed E-state index contributed by atoms with van der Waals surface area (Å²) in [6.45, 7) is 0.918. The van der Waals surface area contributed by atoms with Crippen LogP contribution in [0.25, 0.3) is 0 Å². The van der Waals surface area contributed by atoms with E-state index >= 15 is 0 Å². The van der Waals surface area contributed by atoms with Crippen LogP contribution in [0.15, 0.2) is 0 Å². The van der Waals surface area contributed by atoms with E-state index in [0.717, 1.165) is 12.8 Å². The number of aliphatic carboxylic acids is 1. The first-order valence-corrected chi connectivity index (χ1v) is 7.88. The summed E-state index contributed by atoms with van der Waals surface area (Å²) in [5.41, 5.74) is 0. The van der Waals surface area contributed by atoms with E-state index in [1.54, 1.807) is 0 Å². The fraction of sp³-hybridized carbons (Fsp3) is 0.933. The molecule has 0 rings (SSSR count). The summed E-state index contributed by atoms with van der Waals surface area (Å²) in [7, 11) is 0. The zero-order valence-electron chi connectivity index (χ0n) is 13.4. The van der Waals surface area contributed by atoms with E-state index in [-0.39, 0.29) is 0 Å². The maximum atomic E-state index is 10.1. The van der Waals surface area contributed by atoms with Crippen LogP contribution in [0.4, 0.5) is 0 Å². The van der Waals surface area contributed by atoms with E-state index in [1.165, 1.54) is 32.1 Å². The Morgan fingerprint density at radius 1 is 0.818 bits per heavy atom. The fourth-order valence-electron chi connectivity index (χ4n) is 1.71. The average Bonchev–Trinajstić information content (AvgIpc) is 2.52. The van der Waals surface area contributed by atoms with Crippen LogP contribution < -0.4 is 0 Å². The molecule has 0 aromatic heterocycles. The van der Waals surface area contributed by atoms with Gasteiger partial charge in [-0.05, 0) is 6.42 Å². The minimum Gasteiger partial charge on any atom is -0.481 e. The molecule has 0 spiro atoms. The highest BCUT2D eigenvalue weighted by Crippen LogP contribution is 2.07. The first kappa shape index (κ1) is 23.5. The van der Waals surface area contributed by atoms with Gasteiger partial charge in [0.1, 0.15) is 18.3 Å². The first-order valence-electron chi connectivity index (χ1n) is 7.88. The molecule has 6 N–H and O–H groups in total. The molecule has 0 radical (unpaired) electrons. The van der Waals surface area contributed by atoms with Crippen molar-refractivity contribution in [2.75, 3.05) is 13.2 Å². The summed E-state index contributed by atoms with van der Waals surface area (Å²) in [6.07, 6.45) is 4.35. The van der Waals surface area contributed by atoms with Gasteiger partial charge in [-0.3, -0.25) is 4.79 Å². The van der Waals surface area contributed by atoms with Gasteiger partial charge in [0.15, 0.2) is 0 Å². The van der Waals surface area contributed by atoms with Crippen LogP contribution in [0, 0.1) is 0 Å². The summed E-state index contributed by atoms with van der Waals surface area (Å²) >= 11 is 0. The summed E-state index contributed by atoms with van der Waals surface area (Å²) in [6, 6.07) is 0. The van der Waals surface area contributed by atoms with E-state index < -0.39 is 37.5 Å². The molecule has 0 fully saturated rings. The molecule has 7 heteroatoms. The van der Waals surface area contributed by atoms with Crippen LogP contribution in [0.3, 0.4) is 0 Å². The Morgan fingerprint density at radius 2 is 1.23 bits per heavy atom. The molecule has 0 bridgehead atoms. The summed E-state index contributed by atoms with van der Waals surface area (Å²) in [4.78, 5) is 10.1. The Labute approximate surface area is 132 Å². The van der Waals surface area contributed by atoms with Crippen molar-refractivity contribution in [3.05, 3.63) is 0 Å². The zero-order valence-corrected chi connectivity index (χ0v) is 13.4. The second kappa shape index (κ2) is 16.6. The number of rotatable bonds is 12. The number of carboxylic acid groups (broad SMARTS) is 1. The van der Waals surface area contributed by atoms with Crippen LogP contribution in [-0.2, 0) is 4.79 Å². The lowest BCUT2D eigenvalue weighted by Gasteiger charge is -2.19. The molecule has 3 atom stereocenters. The maximum Gasteiger partial charge on any atom is 0.303 e. The molecule has 7 nitrogen and oxygen atoms in total. The predicted octanol–water partition coefficient (Wildman–Crippen LogP) is 0.265. The smallest absolute Gasteiger partial charge is 0.303 e. The molecule has 134 valence electrons. The Balaban J connectivity index is 0. The average molecular weight is 324 g/mol. The molecular formula is C15H32O7. The van der Waals surface area contributed by atoms with Crippen LogP contribution in [0.1, 0.15) is 58.3 Å². The second-order valence-electron chi connectivity index (χ2n) is 5.26. The number of aliphatic hydroxyl groups is 5. The highest BCUT2D eigenvalue weighted by molar-refractivity contribution is 5.66. The zero-order chi connectivity index (χ0) is 17.4. The highest BCUT2D eigenvalue weighted by Gasteiger charge is 2.22. The van der Waals surface area contributed by atoms with Gasteiger partial charge in [-0.2, -0.15) is 0 Å². The van der Waals surface area contributed by atoms with Crippen LogP contribution >= 0.6 is 0 Å². The number of hydrogen-bond acceptors (Lipinski definition) is 6. The maximum absolute atomic E-state index is 10.1. The topological polar surface area (TPSA) is 138 Å². The van der Waals surface area contributed by atoms with Gasteiger partial charge in [-0.25, -0.2) is 0 Å². The van der Waals surface area contributed by atoms with E-state index in [2.05, 4.69) is 6.92 Å². The molecule has 0 heterocycles. The highest BCUT2D eigenvalue weighted by atomic mass is 16.4. The van der Waals surface area contributed by atoms with E-state index in [4.69, 9.17) is 30.6 Å². The molecule has 0 aromatic rings. The van der Waals surface area contributed by atoms with Gasteiger partial charge in [0.05, 0.1) is 13.2 Å². The first-order chi connectivity index (χ1) is 10.4. The van der Waals surface area contributed by atoms with Crippen molar-refractivity contribution >= 4 is 5.97 Å².